The predicted molar refractivity (Wildman–Crippen MR) is 127 cm³/mol. The topological polar surface area (TPSA) is 110 Å². The van der Waals surface area contributed by atoms with Gasteiger partial charge in [0.25, 0.3) is 0 Å². The van der Waals surface area contributed by atoms with E-state index in [0.29, 0.717) is 12.2 Å². The molecule has 2 rings (SSSR count). The Balaban J connectivity index is 2.06. The number of ketones is 1. The van der Waals surface area contributed by atoms with Crippen LogP contribution >= 0.6 is 0 Å². The zero-order chi connectivity index (χ0) is 25.8. The number of hydrogen-bond donors (Lipinski definition) is 0. The van der Waals surface area contributed by atoms with Gasteiger partial charge < -0.3 is 23.7 Å². The Kier molecular flexibility index (Phi) is 11.0. The van der Waals surface area contributed by atoms with Gasteiger partial charge >= 0.3 is 11.9 Å². The molecule has 0 bridgehead atoms. The fourth-order valence-electron chi connectivity index (χ4n) is 3.29. The standard InChI is InChI=1S/C26H33NO8/c1-6-10-22(18(3)34-20-11-8-7-9-12-20)35-26(30)17(2)15-21(29)24-25(33-16-32-19(4)28)23(31-5)13-14-27-24/h7-9,11-14,17-18,22H,6,10,15-16H2,1-5H3/t17-,18-,22-/m1/s1. The van der Waals surface area contributed by atoms with Crippen molar-refractivity contribution in [2.24, 2.45) is 5.92 Å². The van der Waals surface area contributed by atoms with Crippen LogP contribution in [0.4, 0.5) is 0 Å². The van der Waals surface area contributed by atoms with Crippen molar-refractivity contribution in [2.75, 3.05) is 13.9 Å². The van der Waals surface area contributed by atoms with Gasteiger partial charge in [-0.1, -0.05) is 38.5 Å². The maximum Gasteiger partial charge on any atom is 0.309 e. The minimum Gasteiger partial charge on any atom is -0.493 e. The molecule has 1 heterocycles. The Morgan fingerprint density at radius 3 is 2.40 bits per heavy atom. The van der Waals surface area contributed by atoms with Crippen molar-refractivity contribution in [3.05, 3.63) is 48.3 Å². The van der Waals surface area contributed by atoms with Crippen LogP contribution < -0.4 is 14.2 Å². The highest BCUT2D eigenvalue weighted by molar-refractivity contribution is 5.99. The molecule has 0 saturated carbocycles. The minimum absolute atomic E-state index is 0.0259. The van der Waals surface area contributed by atoms with Crippen LogP contribution in [0.1, 0.15) is 57.4 Å². The average Bonchev–Trinajstić information content (AvgIpc) is 2.83. The average molecular weight is 488 g/mol. The third-order valence-corrected chi connectivity index (χ3v) is 5.14. The van der Waals surface area contributed by atoms with E-state index in [1.165, 1.54) is 26.3 Å². The van der Waals surface area contributed by atoms with E-state index in [2.05, 4.69) is 4.98 Å². The molecule has 3 atom stereocenters. The molecule has 0 fully saturated rings. The molecule has 2 aromatic rings. The third-order valence-electron chi connectivity index (χ3n) is 5.14. The number of aromatic nitrogens is 1. The lowest BCUT2D eigenvalue weighted by Gasteiger charge is -2.26. The number of methoxy groups -OCH3 is 1. The van der Waals surface area contributed by atoms with Gasteiger partial charge in [0.15, 0.2) is 23.0 Å². The van der Waals surface area contributed by atoms with Gasteiger partial charge in [-0.15, -0.1) is 0 Å². The van der Waals surface area contributed by atoms with Crippen LogP contribution in [-0.4, -0.2) is 48.8 Å². The predicted octanol–water partition coefficient (Wildman–Crippen LogP) is 4.38. The monoisotopic (exact) mass is 487 g/mol. The van der Waals surface area contributed by atoms with Gasteiger partial charge in [0.1, 0.15) is 18.0 Å². The fourth-order valence-corrected chi connectivity index (χ4v) is 3.29. The second-order valence-corrected chi connectivity index (χ2v) is 8.02. The summed E-state index contributed by atoms with van der Waals surface area (Å²) in [6, 6.07) is 10.8. The van der Waals surface area contributed by atoms with Crippen LogP contribution in [0.5, 0.6) is 17.2 Å². The molecule has 0 aliphatic heterocycles. The first-order valence-corrected chi connectivity index (χ1v) is 11.5. The normalized spacial score (nSPS) is 13.2. The van der Waals surface area contributed by atoms with Crippen LogP contribution in [-0.2, 0) is 19.1 Å². The lowest BCUT2D eigenvalue weighted by molar-refractivity contribution is -0.158. The molecule has 0 saturated heterocycles. The summed E-state index contributed by atoms with van der Waals surface area (Å²) in [7, 11) is 1.41. The van der Waals surface area contributed by atoms with Gasteiger partial charge in [-0.25, -0.2) is 4.98 Å². The molecular weight excluding hydrogens is 454 g/mol. The molecule has 0 amide bonds. The number of nitrogens with zero attached hydrogens (tertiary/aromatic N) is 1. The van der Waals surface area contributed by atoms with Crippen LogP contribution in [0.15, 0.2) is 42.6 Å². The van der Waals surface area contributed by atoms with Gasteiger partial charge in [-0.2, -0.15) is 0 Å². The molecule has 190 valence electrons. The van der Waals surface area contributed by atoms with E-state index in [-0.39, 0.29) is 29.7 Å². The molecule has 9 heteroatoms. The Morgan fingerprint density at radius 1 is 1.06 bits per heavy atom. The SMILES string of the molecule is CCC[C@@H](OC(=O)[C@H](C)CC(=O)c1nccc(OC)c1OCOC(C)=O)[C@@H](C)Oc1ccccc1. The first-order chi connectivity index (χ1) is 16.8. The molecule has 0 N–H and O–H groups in total. The van der Waals surface area contributed by atoms with E-state index in [9.17, 15) is 14.4 Å². The van der Waals surface area contributed by atoms with Crippen molar-refractivity contribution in [2.45, 2.75) is 59.2 Å². The highest BCUT2D eigenvalue weighted by Gasteiger charge is 2.28. The molecule has 0 aliphatic carbocycles. The van der Waals surface area contributed by atoms with Gasteiger partial charge in [-0.3, -0.25) is 14.4 Å². The summed E-state index contributed by atoms with van der Waals surface area (Å²) in [5, 5.41) is 0. The maximum absolute atomic E-state index is 13.0. The molecule has 1 aromatic heterocycles. The third kappa shape index (κ3) is 8.59. The Morgan fingerprint density at radius 2 is 1.77 bits per heavy atom. The van der Waals surface area contributed by atoms with Crippen molar-refractivity contribution in [1.29, 1.82) is 0 Å². The second-order valence-electron chi connectivity index (χ2n) is 8.02. The van der Waals surface area contributed by atoms with Crippen LogP contribution in [0, 0.1) is 5.92 Å². The Hall–Kier alpha value is -3.62. The number of esters is 2. The first kappa shape index (κ1) is 27.6. The molecule has 35 heavy (non-hydrogen) atoms. The highest BCUT2D eigenvalue weighted by atomic mass is 16.7. The number of Topliss-reactive ketones (excluding diaryl/α,β-unsaturated/α-hetero) is 1. The van der Waals surface area contributed by atoms with Crippen molar-refractivity contribution in [3.8, 4) is 17.2 Å². The van der Waals surface area contributed by atoms with Crippen molar-refractivity contribution in [3.63, 3.8) is 0 Å². The van der Waals surface area contributed by atoms with E-state index < -0.39 is 36.5 Å². The van der Waals surface area contributed by atoms with Crippen molar-refractivity contribution in [1.82, 2.24) is 4.98 Å². The number of hydrogen-bond acceptors (Lipinski definition) is 9. The summed E-state index contributed by atoms with van der Waals surface area (Å²) < 4.78 is 27.1. The highest BCUT2D eigenvalue weighted by Crippen LogP contribution is 2.31. The summed E-state index contributed by atoms with van der Waals surface area (Å²) in [4.78, 5) is 41.0. The van der Waals surface area contributed by atoms with Crippen LogP contribution in [0.2, 0.25) is 0 Å². The summed E-state index contributed by atoms with van der Waals surface area (Å²) in [6.45, 7) is 6.29. The summed E-state index contributed by atoms with van der Waals surface area (Å²) in [6.07, 6.45) is 1.81. The number of pyridine rings is 1. The molecule has 0 aliphatic rings. The Bertz CT molecular complexity index is 979. The molecule has 0 unspecified atom stereocenters. The summed E-state index contributed by atoms with van der Waals surface area (Å²) >= 11 is 0. The number of rotatable bonds is 14. The number of carbonyl (C=O) groups is 3. The lowest BCUT2D eigenvalue weighted by Crippen LogP contribution is -2.35. The molecule has 0 spiro atoms. The number of para-hydroxylation sites is 1. The van der Waals surface area contributed by atoms with Gasteiger partial charge in [0, 0.05) is 25.6 Å². The Labute approximate surface area is 205 Å². The van der Waals surface area contributed by atoms with E-state index in [4.69, 9.17) is 23.7 Å². The van der Waals surface area contributed by atoms with Gasteiger partial charge in [0.2, 0.25) is 6.79 Å². The maximum atomic E-state index is 13.0. The number of carbonyl (C=O) groups excluding carboxylic acids is 3. The smallest absolute Gasteiger partial charge is 0.309 e. The molecule has 9 nitrogen and oxygen atoms in total. The van der Waals surface area contributed by atoms with Gasteiger partial charge in [0.05, 0.1) is 13.0 Å². The summed E-state index contributed by atoms with van der Waals surface area (Å²) in [5.74, 6) is -1.25. The quantitative estimate of drug-likeness (QED) is 0.218. The van der Waals surface area contributed by atoms with E-state index in [0.717, 1.165) is 6.42 Å². The fraction of sp³-hybridized carbons (Fsp3) is 0.462. The summed E-state index contributed by atoms with van der Waals surface area (Å²) in [5.41, 5.74) is -0.0259. The molecule has 1 aromatic carbocycles. The number of benzene rings is 1. The van der Waals surface area contributed by atoms with E-state index in [1.807, 2.05) is 44.2 Å². The minimum atomic E-state index is -0.736. The molecule has 0 radical (unpaired) electrons. The second kappa shape index (κ2) is 13.9. The van der Waals surface area contributed by atoms with Gasteiger partial charge in [-0.05, 0) is 25.5 Å². The van der Waals surface area contributed by atoms with E-state index in [1.54, 1.807) is 6.92 Å². The first-order valence-electron chi connectivity index (χ1n) is 11.5. The van der Waals surface area contributed by atoms with E-state index >= 15 is 0 Å². The lowest BCUT2D eigenvalue weighted by atomic mass is 10.0. The molecular formula is C26H33NO8. The van der Waals surface area contributed by atoms with Crippen molar-refractivity contribution >= 4 is 17.7 Å². The van der Waals surface area contributed by atoms with Crippen LogP contribution in [0.25, 0.3) is 0 Å². The number of ether oxygens (including phenoxy) is 5. The van der Waals surface area contributed by atoms with Crippen molar-refractivity contribution < 1.29 is 38.1 Å². The largest absolute Gasteiger partial charge is 0.493 e. The van der Waals surface area contributed by atoms with Crippen LogP contribution in [0.3, 0.4) is 0 Å². The zero-order valence-electron chi connectivity index (χ0n) is 20.8. The zero-order valence-corrected chi connectivity index (χ0v) is 20.8.